The second-order valence-corrected chi connectivity index (χ2v) is 14.0. The first-order valence-electron chi connectivity index (χ1n) is 16.6. The van der Waals surface area contributed by atoms with Gasteiger partial charge >= 0.3 is 6.09 Å². The van der Waals surface area contributed by atoms with Crippen molar-refractivity contribution in [3.63, 3.8) is 0 Å². The molecule has 0 saturated carbocycles. The Bertz CT molecular complexity index is 1290. The smallest absolute Gasteiger partial charge is 0.410 e. The number of amides is 6. The summed E-state index contributed by atoms with van der Waals surface area (Å²) in [6.07, 6.45) is 4.05. The molecule has 6 amide bonds. The van der Waals surface area contributed by atoms with Crippen LogP contribution < -0.4 is 16.0 Å². The van der Waals surface area contributed by atoms with Gasteiger partial charge in [-0.15, -0.1) is 0 Å². The minimum absolute atomic E-state index is 0.0768. The van der Waals surface area contributed by atoms with E-state index >= 15 is 0 Å². The van der Waals surface area contributed by atoms with Crippen LogP contribution in [0.2, 0.25) is 0 Å². The Labute approximate surface area is 284 Å². The number of benzene rings is 1. The fourth-order valence-electron chi connectivity index (χ4n) is 4.83. The highest BCUT2D eigenvalue weighted by Gasteiger charge is 2.27. The van der Waals surface area contributed by atoms with Crippen molar-refractivity contribution < 1.29 is 33.5 Å². The Morgan fingerprint density at radius 1 is 0.854 bits per heavy atom. The van der Waals surface area contributed by atoms with E-state index in [2.05, 4.69) is 36.7 Å². The van der Waals surface area contributed by atoms with E-state index in [1.807, 2.05) is 19.0 Å². The zero-order valence-corrected chi connectivity index (χ0v) is 29.8. The Morgan fingerprint density at radius 3 is 2.04 bits per heavy atom. The number of nitrogens with one attached hydrogen (secondary N) is 3. The minimum atomic E-state index is -0.877. The zero-order valence-electron chi connectivity index (χ0n) is 29.8. The molecule has 1 aliphatic heterocycles. The summed E-state index contributed by atoms with van der Waals surface area (Å²) < 4.78 is 5.58. The van der Waals surface area contributed by atoms with Crippen LogP contribution in [0.25, 0.3) is 0 Å². The number of unbranched alkanes of at least 4 members (excludes halogenated alkanes) is 2. The number of rotatable bonds is 18. The van der Waals surface area contributed by atoms with Gasteiger partial charge in [0.05, 0.1) is 0 Å². The summed E-state index contributed by atoms with van der Waals surface area (Å²) in [5.74, 6) is -2.07. The van der Waals surface area contributed by atoms with Crippen molar-refractivity contribution in [2.45, 2.75) is 85.9 Å². The van der Waals surface area contributed by atoms with Crippen molar-refractivity contribution in [1.82, 2.24) is 25.3 Å². The van der Waals surface area contributed by atoms with Crippen LogP contribution in [0, 0.1) is 11.3 Å². The van der Waals surface area contributed by atoms with E-state index in [1.165, 1.54) is 17.1 Å². The molecule has 3 N–H and O–H groups in total. The topological polar surface area (TPSA) is 157 Å². The average Bonchev–Trinajstić information content (AvgIpc) is 3.32. The van der Waals surface area contributed by atoms with Gasteiger partial charge in [-0.05, 0) is 62.9 Å². The van der Waals surface area contributed by atoms with Crippen molar-refractivity contribution in [2.75, 3.05) is 45.6 Å². The lowest BCUT2D eigenvalue weighted by Gasteiger charge is -2.30. The SMILES string of the molecule is CC(C)[C@H](NC(=O)CCCCCN1C(=O)C=CC1=O)C(=O)N[C@@H](C)C(=O)Nc1ccc(COC(=O)N(CCN(C)C)CC(C)(C)C)cc1. The second kappa shape index (κ2) is 18.9. The monoisotopic (exact) mass is 670 g/mol. The van der Waals surface area contributed by atoms with Crippen LogP contribution in [0.1, 0.15) is 72.8 Å². The molecule has 0 spiro atoms. The van der Waals surface area contributed by atoms with E-state index in [-0.39, 0.29) is 48.2 Å². The predicted molar refractivity (Wildman–Crippen MR) is 184 cm³/mol. The molecule has 2 rings (SSSR count). The van der Waals surface area contributed by atoms with Gasteiger partial charge in [0.2, 0.25) is 17.7 Å². The largest absolute Gasteiger partial charge is 0.445 e. The molecule has 1 heterocycles. The van der Waals surface area contributed by atoms with E-state index < -0.39 is 23.9 Å². The van der Waals surface area contributed by atoms with Crippen molar-refractivity contribution in [3.8, 4) is 0 Å². The third-order valence-electron chi connectivity index (χ3n) is 7.53. The molecule has 0 radical (unpaired) electrons. The van der Waals surface area contributed by atoms with Crippen molar-refractivity contribution in [1.29, 1.82) is 0 Å². The lowest BCUT2D eigenvalue weighted by atomic mass is 9.96. The Morgan fingerprint density at radius 2 is 1.48 bits per heavy atom. The van der Waals surface area contributed by atoms with Crippen LogP contribution in [0.15, 0.2) is 36.4 Å². The Hall–Kier alpha value is -4.26. The molecule has 0 unspecified atom stereocenters. The summed E-state index contributed by atoms with van der Waals surface area (Å²) in [7, 11) is 3.91. The van der Waals surface area contributed by atoms with Gasteiger partial charge in [0.15, 0.2) is 0 Å². The molecular formula is C35H54N6O7. The highest BCUT2D eigenvalue weighted by molar-refractivity contribution is 6.12. The molecule has 13 nitrogen and oxygen atoms in total. The van der Waals surface area contributed by atoms with Crippen molar-refractivity contribution in [2.24, 2.45) is 11.3 Å². The van der Waals surface area contributed by atoms with Crippen molar-refractivity contribution >= 4 is 41.3 Å². The number of likely N-dealkylation sites (N-methyl/N-ethyl adjacent to an activating group) is 1. The van der Waals surface area contributed by atoms with Gasteiger partial charge in [-0.2, -0.15) is 0 Å². The first-order valence-corrected chi connectivity index (χ1v) is 16.6. The van der Waals surface area contributed by atoms with E-state index in [9.17, 15) is 28.8 Å². The molecule has 2 atom stereocenters. The number of ether oxygens (including phenoxy) is 1. The van der Waals surface area contributed by atoms with Crippen LogP contribution in [0.5, 0.6) is 0 Å². The normalized spacial score (nSPS) is 14.2. The molecule has 13 heteroatoms. The standard InChI is InChI=1S/C35H54N6O7/c1-24(2)31(38-28(42)12-10-9-11-19-41-29(43)17-18-30(41)44)33(46)36-25(3)32(45)37-27-15-13-26(14-16-27)22-48-34(47)40(21-20-39(7)8)23-35(4,5)6/h13-18,24-25,31H,9-12,19-23H2,1-8H3,(H,36,46)(H,37,45)(H,38,42)/t25-,31-/m0/s1. The van der Waals surface area contributed by atoms with Gasteiger partial charge < -0.3 is 30.5 Å². The highest BCUT2D eigenvalue weighted by atomic mass is 16.6. The van der Waals surface area contributed by atoms with E-state index in [1.54, 1.807) is 49.9 Å². The first kappa shape index (κ1) is 39.9. The minimum Gasteiger partial charge on any atom is -0.445 e. The summed E-state index contributed by atoms with van der Waals surface area (Å²) >= 11 is 0. The molecule has 0 bridgehead atoms. The Kier molecular flexibility index (Phi) is 15.7. The van der Waals surface area contributed by atoms with Gasteiger partial charge in [-0.3, -0.25) is 28.9 Å². The number of anilines is 1. The number of carbonyl (C=O) groups is 6. The van der Waals surface area contributed by atoms with Gasteiger partial charge in [0.1, 0.15) is 18.7 Å². The zero-order chi connectivity index (χ0) is 36.0. The molecule has 1 aliphatic rings. The van der Waals surface area contributed by atoms with Gasteiger partial charge in [0, 0.05) is 50.4 Å². The molecule has 1 aromatic carbocycles. The van der Waals surface area contributed by atoms with E-state index in [4.69, 9.17) is 4.74 Å². The molecule has 48 heavy (non-hydrogen) atoms. The van der Waals surface area contributed by atoms with Crippen LogP contribution >= 0.6 is 0 Å². The maximum absolute atomic E-state index is 13.0. The Balaban J connectivity index is 1.80. The van der Waals surface area contributed by atoms with E-state index in [0.29, 0.717) is 44.6 Å². The van der Waals surface area contributed by atoms with Gasteiger partial charge in [-0.25, -0.2) is 4.79 Å². The number of hydrogen-bond donors (Lipinski definition) is 3. The molecule has 0 saturated heterocycles. The first-order chi connectivity index (χ1) is 22.5. The summed E-state index contributed by atoms with van der Waals surface area (Å²) in [6.45, 7) is 13.6. The number of imide groups is 1. The molecule has 0 aliphatic carbocycles. The number of carbonyl (C=O) groups excluding carboxylic acids is 6. The third-order valence-corrected chi connectivity index (χ3v) is 7.53. The molecular weight excluding hydrogens is 616 g/mol. The molecule has 0 fully saturated rings. The fraction of sp³-hybridized carbons (Fsp3) is 0.600. The maximum atomic E-state index is 13.0. The predicted octanol–water partition coefficient (Wildman–Crippen LogP) is 3.30. The lowest BCUT2D eigenvalue weighted by molar-refractivity contribution is -0.137. The summed E-state index contributed by atoms with van der Waals surface area (Å²) in [6, 6.07) is 5.20. The van der Waals surface area contributed by atoms with Crippen LogP contribution in [-0.2, 0) is 35.3 Å². The molecule has 1 aromatic rings. The summed E-state index contributed by atoms with van der Waals surface area (Å²) in [4.78, 5) is 79.4. The quantitative estimate of drug-likeness (QED) is 0.159. The second-order valence-electron chi connectivity index (χ2n) is 14.0. The summed E-state index contributed by atoms with van der Waals surface area (Å²) in [5, 5.41) is 8.22. The van der Waals surface area contributed by atoms with Gasteiger partial charge in [0.25, 0.3) is 11.8 Å². The highest BCUT2D eigenvalue weighted by Crippen LogP contribution is 2.17. The molecule has 266 valence electrons. The fourth-order valence-corrected chi connectivity index (χ4v) is 4.83. The number of hydrogen-bond acceptors (Lipinski definition) is 8. The number of nitrogens with zero attached hydrogens (tertiary/aromatic N) is 3. The lowest BCUT2D eigenvalue weighted by Crippen LogP contribution is -2.53. The van der Waals surface area contributed by atoms with Gasteiger partial charge in [-0.1, -0.05) is 53.2 Å². The van der Waals surface area contributed by atoms with Crippen LogP contribution in [0.3, 0.4) is 0 Å². The van der Waals surface area contributed by atoms with Crippen LogP contribution in [-0.4, -0.2) is 103 Å². The van der Waals surface area contributed by atoms with Crippen molar-refractivity contribution in [3.05, 3.63) is 42.0 Å². The summed E-state index contributed by atoms with van der Waals surface area (Å²) in [5.41, 5.74) is 1.20. The van der Waals surface area contributed by atoms with Crippen LogP contribution in [0.4, 0.5) is 10.5 Å². The third kappa shape index (κ3) is 14.2. The average molecular weight is 671 g/mol. The van der Waals surface area contributed by atoms with E-state index in [0.717, 1.165) is 12.1 Å². The molecule has 0 aromatic heterocycles. The maximum Gasteiger partial charge on any atom is 0.410 e.